The van der Waals surface area contributed by atoms with Crippen molar-refractivity contribution in [2.75, 3.05) is 0 Å². The van der Waals surface area contributed by atoms with E-state index in [-0.39, 0.29) is 10.5 Å². The molecule has 0 amide bonds. The minimum atomic E-state index is -0.669. The molecule has 0 unspecified atom stereocenters. The van der Waals surface area contributed by atoms with Gasteiger partial charge >= 0.3 is 0 Å². The third kappa shape index (κ3) is 1.87. The molecule has 0 saturated carbocycles. The molecular formula is C9H5BrF2N2S. The van der Waals surface area contributed by atoms with Crippen LogP contribution >= 0.6 is 28.1 Å². The second-order valence-electron chi connectivity index (χ2n) is 2.85. The number of rotatable bonds is 1. The Hall–Kier alpha value is -1.01. The summed E-state index contributed by atoms with van der Waals surface area (Å²) in [7, 11) is 0. The number of aromatic amines is 1. The van der Waals surface area contributed by atoms with Crippen LogP contribution in [-0.2, 0) is 0 Å². The van der Waals surface area contributed by atoms with E-state index >= 15 is 0 Å². The number of nitrogens with zero attached hydrogens (tertiary/aromatic N) is 1. The summed E-state index contributed by atoms with van der Waals surface area (Å²) in [5.41, 5.74) is -0.176. The lowest BCUT2D eigenvalue weighted by Crippen LogP contribution is -2.00. The fourth-order valence-corrected chi connectivity index (χ4v) is 1.88. The molecule has 2 rings (SSSR count). The van der Waals surface area contributed by atoms with Crippen molar-refractivity contribution in [2.45, 2.75) is 0 Å². The van der Waals surface area contributed by atoms with Crippen LogP contribution in [-0.4, -0.2) is 9.55 Å². The highest BCUT2D eigenvalue weighted by molar-refractivity contribution is 9.10. The minimum absolute atomic E-state index is 0.176. The van der Waals surface area contributed by atoms with E-state index in [9.17, 15) is 8.78 Å². The van der Waals surface area contributed by atoms with E-state index in [1.807, 2.05) is 0 Å². The second kappa shape index (κ2) is 3.86. The summed E-state index contributed by atoms with van der Waals surface area (Å²) in [6.07, 6.45) is 2.99. The Balaban J connectivity index is 2.74. The molecule has 0 fully saturated rings. The van der Waals surface area contributed by atoms with Crippen LogP contribution in [0.2, 0.25) is 0 Å². The molecule has 0 saturated heterocycles. The lowest BCUT2D eigenvalue weighted by molar-refractivity contribution is 0.567. The Kier molecular flexibility index (Phi) is 2.70. The summed E-state index contributed by atoms with van der Waals surface area (Å²) in [4.78, 5) is 2.67. The van der Waals surface area contributed by atoms with Crippen molar-refractivity contribution < 1.29 is 8.78 Å². The molecule has 1 heterocycles. The Morgan fingerprint density at radius 3 is 2.33 bits per heavy atom. The monoisotopic (exact) mass is 290 g/mol. The molecule has 78 valence electrons. The normalized spacial score (nSPS) is 10.6. The molecule has 0 aliphatic heterocycles. The van der Waals surface area contributed by atoms with Crippen LogP contribution in [0.15, 0.2) is 29.0 Å². The summed E-state index contributed by atoms with van der Waals surface area (Å²) in [6.45, 7) is 0. The number of benzene rings is 1. The van der Waals surface area contributed by atoms with E-state index in [2.05, 4.69) is 20.9 Å². The zero-order valence-electron chi connectivity index (χ0n) is 7.30. The number of hydrogen-bond acceptors (Lipinski definition) is 1. The van der Waals surface area contributed by atoms with Crippen LogP contribution in [0.3, 0.4) is 0 Å². The first-order valence-corrected chi connectivity index (χ1v) is 5.20. The number of imidazole rings is 1. The van der Waals surface area contributed by atoms with Gasteiger partial charge in [-0.15, -0.1) is 0 Å². The van der Waals surface area contributed by atoms with Crippen LogP contribution in [0.4, 0.5) is 8.78 Å². The number of nitrogens with one attached hydrogen (secondary N) is 1. The van der Waals surface area contributed by atoms with Gasteiger partial charge in [-0.3, -0.25) is 4.57 Å². The molecule has 0 spiro atoms. The highest BCUT2D eigenvalue weighted by atomic mass is 79.9. The minimum Gasteiger partial charge on any atom is -0.337 e. The van der Waals surface area contributed by atoms with Crippen molar-refractivity contribution in [1.29, 1.82) is 0 Å². The molecular weight excluding hydrogens is 286 g/mol. The number of aromatic nitrogens is 2. The molecule has 1 aromatic carbocycles. The van der Waals surface area contributed by atoms with Gasteiger partial charge in [0.1, 0.15) is 5.69 Å². The molecule has 0 aliphatic carbocycles. The van der Waals surface area contributed by atoms with Crippen molar-refractivity contribution in [3.8, 4) is 5.69 Å². The van der Waals surface area contributed by atoms with E-state index in [1.165, 1.54) is 29.1 Å². The van der Waals surface area contributed by atoms with Gasteiger partial charge in [-0.1, -0.05) is 15.9 Å². The summed E-state index contributed by atoms with van der Waals surface area (Å²) in [6, 6.07) is 2.38. The van der Waals surface area contributed by atoms with Gasteiger partial charge in [-0.25, -0.2) is 8.78 Å². The maximum Gasteiger partial charge on any atom is 0.181 e. The molecule has 15 heavy (non-hydrogen) atoms. The second-order valence-corrected chi connectivity index (χ2v) is 4.16. The quantitative estimate of drug-likeness (QED) is 0.796. The molecule has 0 atom stereocenters. The maximum atomic E-state index is 13.5. The number of halogens is 3. The molecule has 0 aliphatic rings. The first-order chi connectivity index (χ1) is 7.09. The molecule has 2 aromatic rings. The van der Waals surface area contributed by atoms with Gasteiger partial charge in [0, 0.05) is 16.9 Å². The predicted molar refractivity (Wildman–Crippen MR) is 58.6 cm³/mol. The lowest BCUT2D eigenvalue weighted by atomic mass is 10.3. The number of H-pyrrole nitrogens is 1. The summed E-state index contributed by atoms with van der Waals surface area (Å²) in [5, 5.41) is 0. The third-order valence-electron chi connectivity index (χ3n) is 1.87. The lowest BCUT2D eigenvalue weighted by Gasteiger charge is -2.06. The third-order valence-corrected chi connectivity index (χ3v) is 2.64. The van der Waals surface area contributed by atoms with E-state index in [0.29, 0.717) is 4.47 Å². The van der Waals surface area contributed by atoms with Gasteiger partial charge in [0.2, 0.25) is 0 Å². The van der Waals surface area contributed by atoms with E-state index in [4.69, 9.17) is 12.2 Å². The standard InChI is InChI=1S/C9H5BrF2N2S/c10-5-3-6(11)8(7(12)4-5)14-2-1-13-9(14)15/h1-4H,(H,13,15). The molecule has 0 radical (unpaired) electrons. The molecule has 2 nitrogen and oxygen atoms in total. The maximum absolute atomic E-state index is 13.5. The van der Waals surface area contributed by atoms with Gasteiger partial charge in [-0.2, -0.15) is 0 Å². The molecule has 1 N–H and O–H groups in total. The van der Waals surface area contributed by atoms with E-state index < -0.39 is 11.6 Å². The van der Waals surface area contributed by atoms with Crippen LogP contribution < -0.4 is 0 Å². The zero-order chi connectivity index (χ0) is 11.0. The average molecular weight is 291 g/mol. The van der Waals surface area contributed by atoms with Gasteiger partial charge < -0.3 is 4.98 Å². The average Bonchev–Trinajstić information content (AvgIpc) is 2.50. The Morgan fingerprint density at radius 1 is 1.27 bits per heavy atom. The van der Waals surface area contributed by atoms with Crippen LogP contribution in [0, 0.1) is 16.4 Å². The summed E-state index contributed by atoms with van der Waals surface area (Å²) < 4.78 is 28.8. The van der Waals surface area contributed by atoms with Crippen molar-refractivity contribution in [1.82, 2.24) is 9.55 Å². The Labute approximate surface area is 97.7 Å². The van der Waals surface area contributed by atoms with Crippen LogP contribution in [0.1, 0.15) is 0 Å². The van der Waals surface area contributed by atoms with Gasteiger partial charge in [0.25, 0.3) is 0 Å². The van der Waals surface area contributed by atoms with E-state index in [1.54, 1.807) is 0 Å². The van der Waals surface area contributed by atoms with Crippen molar-refractivity contribution in [2.24, 2.45) is 0 Å². The van der Waals surface area contributed by atoms with Gasteiger partial charge in [0.15, 0.2) is 16.4 Å². The molecule has 0 bridgehead atoms. The van der Waals surface area contributed by atoms with Crippen molar-refractivity contribution >= 4 is 28.1 Å². The van der Waals surface area contributed by atoms with E-state index in [0.717, 1.165) is 0 Å². The smallest absolute Gasteiger partial charge is 0.181 e. The fourth-order valence-electron chi connectivity index (χ4n) is 1.26. The van der Waals surface area contributed by atoms with Crippen molar-refractivity contribution in [3.05, 3.63) is 45.4 Å². The van der Waals surface area contributed by atoms with Crippen LogP contribution in [0.5, 0.6) is 0 Å². The first kappa shape index (κ1) is 10.5. The highest BCUT2D eigenvalue weighted by Crippen LogP contribution is 2.22. The Morgan fingerprint density at radius 2 is 1.87 bits per heavy atom. The van der Waals surface area contributed by atoms with Gasteiger partial charge in [-0.05, 0) is 24.4 Å². The summed E-state index contributed by atoms with van der Waals surface area (Å²) >= 11 is 7.89. The fraction of sp³-hybridized carbons (Fsp3) is 0. The van der Waals surface area contributed by atoms with Crippen LogP contribution in [0.25, 0.3) is 5.69 Å². The molecule has 6 heteroatoms. The predicted octanol–water partition coefficient (Wildman–Crippen LogP) is 3.58. The largest absolute Gasteiger partial charge is 0.337 e. The summed E-state index contributed by atoms with van der Waals surface area (Å²) in [5.74, 6) is -1.34. The molecule has 1 aromatic heterocycles. The topological polar surface area (TPSA) is 20.7 Å². The van der Waals surface area contributed by atoms with Gasteiger partial charge in [0.05, 0.1) is 0 Å². The first-order valence-electron chi connectivity index (χ1n) is 4.00. The number of hydrogen-bond donors (Lipinski definition) is 1. The zero-order valence-corrected chi connectivity index (χ0v) is 9.70. The highest BCUT2D eigenvalue weighted by Gasteiger charge is 2.12. The Bertz CT molecular complexity index is 538. The van der Waals surface area contributed by atoms with Crippen molar-refractivity contribution in [3.63, 3.8) is 0 Å². The SMILES string of the molecule is Fc1cc(Br)cc(F)c1-n1cc[nH]c1=S.